The minimum atomic E-state index is -0.707. The van der Waals surface area contributed by atoms with E-state index in [4.69, 9.17) is 0 Å². The quantitative estimate of drug-likeness (QED) is 0.556. The highest BCUT2D eigenvalue weighted by Crippen LogP contribution is 2.38. The predicted octanol–water partition coefficient (Wildman–Crippen LogP) is 3.75. The summed E-state index contributed by atoms with van der Waals surface area (Å²) in [5.41, 5.74) is 2.71. The fraction of sp³-hybridized carbons (Fsp3) is 0.0952. The molecule has 0 saturated heterocycles. The zero-order valence-electron chi connectivity index (χ0n) is 15.0. The molecule has 0 aromatic heterocycles. The van der Waals surface area contributed by atoms with Crippen molar-refractivity contribution in [1.82, 2.24) is 0 Å². The SMILES string of the molecule is Cc1cccc(N2C(=O)c3ccccc3N[C@@H]2c2ccc([O-])c([N+](=O)[O-])c2)c1. The van der Waals surface area contributed by atoms with E-state index in [1.165, 1.54) is 12.1 Å². The van der Waals surface area contributed by atoms with Gasteiger partial charge in [-0.05, 0) is 42.5 Å². The number of amides is 1. The standard InChI is InChI=1S/C21H17N3O4/c1-13-5-4-6-15(11-13)23-20(14-9-10-19(25)18(12-14)24(27)28)22-17-8-3-2-7-16(17)21(23)26/h2-12,20,22,25H,1H3/p-1/t20-/m0/s1. The monoisotopic (exact) mass is 374 g/mol. The average Bonchev–Trinajstić information content (AvgIpc) is 2.68. The van der Waals surface area contributed by atoms with E-state index >= 15 is 0 Å². The first kappa shape index (κ1) is 17.5. The van der Waals surface area contributed by atoms with E-state index in [0.717, 1.165) is 11.6 Å². The van der Waals surface area contributed by atoms with E-state index in [1.54, 1.807) is 23.1 Å². The fourth-order valence-electron chi connectivity index (χ4n) is 3.38. The van der Waals surface area contributed by atoms with Crippen LogP contribution in [-0.4, -0.2) is 10.8 Å². The van der Waals surface area contributed by atoms with E-state index < -0.39 is 22.5 Å². The summed E-state index contributed by atoms with van der Waals surface area (Å²) in [6.07, 6.45) is -0.691. The number of nitrogens with zero attached hydrogens (tertiary/aromatic N) is 2. The highest BCUT2D eigenvalue weighted by molar-refractivity contribution is 6.12. The Bertz CT molecular complexity index is 1100. The molecule has 0 fully saturated rings. The van der Waals surface area contributed by atoms with Crippen molar-refractivity contribution in [2.45, 2.75) is 13.1 Å². The van der Waals surface area contributed by atoms with Gasteiger partial charge in [-0.2, -0.15) is 0 Å². The lowest BCUT2D eigenvalue weighted by Gasteiger charge is -2.38. The molecule has 4 rings (SSSR count). The summed E-state index contributed by atoms with van der Waals surface area (Å²) in [7, 11) is 0. The molecular weight excluding hydrogens is 358 g/mol. The van der Waals surface area contributed by atoms with Crippen molar-refractivity contribution in [3.63, 3.8) is 0 Å². The third-order valence-corrected chi connectivity index (χ3v) is 4.70. The van der Waals surface area contributed by atoms with Crippen LogP contribution in [0, 0.1) is 17.0 Å². The molecule has 0 unspecified atom stereocenters. The molecule has 0 aliphatic carbocycles. The van der Waals surface area contributed by atoms with Gasteiger partial charge in [-0.3, -0.25) is 19.8 Å². The fourth-order valence-corrected chi connectivity index (χ4v) is 3.38. The summed E-state index contributed by atoms with van der Waals surface area (Å²) < 4.78 is 0. The van der Waals surface area contributed by atoms with Crippen LogP contribution in [0.1, 0.15) is 27.7 Å². The first-order chi connectivity index (χ1) is 13.5. The van der Waals surface area contributed by atoms with Gasteiger partial charge in [0.25, 0.3) is 11.6 Å². The summed E-state index contributed by atoms with van der Waals surface area (Å²) in [6.45, 7) is 1.92. The number of nitro benzene ring substituents is 1. The van der Waals surface area contributed by atoms with Crippen molar-refractivity contribution in [2.75, 3.05) is 10.2 Å². The largest absolute Gasteiger partial charge is 0.868 e. The van der Waals surface area contributed by atoms with Crippen molar-refractivity contribution < 1.29 is 14.8 Å². The number of nitro groups is 1. The Morgan fingerprint density at radius 3 is 2.57 bits per heavy atom. The van der Waals surface area contributed by atoms with Gasteiger partial charge in [0.05, 0.1) is 10.5 Å². The van der Waals surface area contributed by atoms with Gasteiger partial charge in [-0.1, -0.05) is 36.4 Å². The molecule has 0 bridgehead atoms. The Kier molecular flexibility index (Phi) is 4.19. The van der Waals surface area contributed by atoms with E-state index in [1.807, 2.05) is 37.3 Å². The van der Waals surface area contributed by atoms with Crippen molar-refractivity contribution in [1.29, 1.82) is 0 Å². The Morgan fingerprint density at radius 1 is 1.04 bits per heavy atom. The van der Waals surface area contributed by atoms with Crippen LogP contribution in [0.15, 0.2) is 66.7 Å². The van der Waals surface area contributed by atoms with Gasteiger partial charge in [-0.15, -0.1) is 0 Å². The Hall–Kier alpha value is -3.87. The lowest BCUT2D eigenvalue weighted by Crippen LogP contribution is -2.43. The number of hydrogen-bond donors (Lipinski definition) is 1. The maximum Gasteiger partial charge on any atom is 0.262 e. The second-order valence-corrected chi connectivity index (χ2v) is 6.59. The smallest absolute Gasteiger partial charge is 0.262 e. The third kappa shape index (κ3) is 2.92. The summed E-state index contributed by atoms with van der Waals surface area (Å²) >= 11 is 0. The van der Waals surface area contributed by atoms with Crippen LogP contribution in [0.25, 0.3) is 0 Å². The molecule has 3 aromatic rings. The molecule has 7 heteroatoms. The van der Waals surface area contributed by atoms with E-state index in [9.17, 15) is 20.0 Å². The number of rotatable bonds is 3. The maximum absolute atomic E-state index is 13.3. The normalized spacial score (nSPS) is 15.7. The molecule has 1 N–H and O–H groups in total. The number of hydrogen-bond acceptors (Lipinski definition) is 5. The molecule has 3 aromatic carbocycles. The van der Waals surface area contributed by atoms with Gasteiger partial charge < -0.3 is 10.4 Å². The van der Waals surface area contributed by atoms with E-state index in [2.05, 4.69) is 5.32 Å². The van der Waals surface area contributed by atoms with Gasteiger partial charge >= 0.3 is 0 Å². The maximum atomic E-state index is 13.3. The van der Waals surface area contributed by atoms with E-state index in [-0.39, 0.29) is 5.91 Å². The topological polar surface area (TPSA) is 98.5 Å². The van der Waals surface area contributed by atoms with E-state index in [0.29, 0.717) is 22.5 Å². The van der Waals surface area contributed by atoms with Gasteiger partial charge in [0.1, 0.15) is 6.17 Å². The van der Waals surface area contributed by atoms with Crippen LogP contribution in [0.2, 0.25) is 0 Å². The lowest BCUT2D eigenvalue weighted by molar-refractivity contribution is -0.398. The number of nitrogens with one attached hydrogen (secondary N) is 1. The van der Waals surface area contributed by atoms with Gasteiger partial charge in [-0.25, -0.2) is 0 Å². The minimum absolute atomic E-state index is 0.223. The minimum Gasteiger partial charge on any atom is -0.868 e. The zero-order valence-corrected chi connectivity index (χ0v) is 15.0. The number of para-hydroxylation sites is 1. The highest BCUT2D eigenvalue weighted by atomic mass is 16.6. The predicted molar refractivity (Wildman–Crippen MR) is 103 cm³/mol. The van der Waals surface area contributed by atoms with Gasteiger partial charge in [0, 0.05) is 23.0 Å². The molecular formula is C21H16N3O4-. The van der Waals surface area contributed by atoms with Crippen LogP contribution in [0.3, 0.4) is 0 Å². The number of benzene rings is 3. The van der Waals surface area contributed by atoms with Crippen LogP contribution >= 0.6 is 0 Å². The number of anilines is 2. The molecule has 0 spiro atoms. The van der Waals surface area contributed by atoms with Crippen molar-refractivity contribution in [2.24, 2.45) is 0 Å². The third-order valence-electron chi connectivity index (χ3n) is 4.70. The van der Waals surface area contributed by atoms with Crippen LogP contribution < -0.4 is 15.3 Å². The van der Waals surface area contributed by atoms with Crippen molar-refractivity contribution in [3.05, 3.63) is 93.5 Å². The van der Waals surface area contributed by atoms with Crippen LogP contribution in [-0.2, 0) is 0 Å². The molecule has 1 heterocycles. The second kappa shape index (κ2) is 6.70. The molecule has 0 radical (unpaired) electrons. The first-order valence-corrected chi connectivity index (χ1v) is 8.67. The Morgan fingerprint density at radius 2 is 1.82 bits per heavy atom. The molecule has 140 valence electrons. The molecule has 7 nitrogen and oxygen atoms in total. The highest BCUT2D eigenvalue weighted by Gasteiger charge is 2.34. The Labute approximate surface area is 161 Å². The summed E-state index contributed by atoms with van der Waals surface area (Å²) in [5, 5.41) is 26.3. The molecule has 0 saturated carbocycles. The lowest BCUT2D eigenvalue weighted by atomic mass is 10.0. The number of aryl methyl sites for hydroxylation is 1. The molecule has 1 atom stereocenters. The van der Waals surface area contributed by atoms with Crippen LogP contribution in [0.4, 0.5) is 17.1 Å². The molecule has 1 amide bonds. The molecule has 28 heavy (non-hydrogen) atoms. The summed E-state index contributed by atoms with van der Waals surface area (Å²) in [5.74, 6) is -0.891. The summed E-state index contributed by atoms with van der Waals surface area (Å²) in [6, 6.07) is 18.4. The van der Waals surface area contributed by atoms with Gasteiger partial charge in [0.2, 0.25) is 0 Å². The van der Waals surface area contributed by atoms with Crippen LogP contribution in [0.5, 0.6) is 5.75 Å². The zero-order chi connectivity index (χ0) is 19.8. The second-order valence-electron chi connectivity index (χ2n) is 6.59. The Balaban J connectivity index is 1.89. The molecule has 1 aliphatic heterocycles. The average molecular weight is 374 g/mol. The number of fused-ring (bicyclic) bond motifs is 1. The first-order valence-electron chi connectivity index (χ1n) is 8.67. The molecule has 1 aliphatic rings. The number of carbonyl (C=O) groups excluding carboxylic acids is 1. The van der Waals surface area contributed by atoms with Gasteiger partial charge in [0.15, 0.2) is 0 Å². The van der Waals surface area contributed by atoms with Crippen molar-refractivity contribution >= 4 is 23.0 Å². The summed E-state index contributed by atoms with van der Waals surface area (Å²) in [4.78, 5) is 25.4. The number of carbonyl (C=O) groups is 1. The van der Waals surface area contributed by atoms with Crippen molar-refractivity contribution in [3.8, 4) is 5.75 Å².